The van der Waals surface area contributed by atoms with Crippen molar-refractivity contribution in [2.75, 3.05) is 14.2 Å². The monoisotopic (exact) mass is 424 g/mol. The first-order chi connectivity index (χ1) is 9.47. The van der Waals surface area contributed by atoms with Gasteiger partial charge >= 0.3 is 0 Å². The Morgan fingerprint density at radius 1 is 1.10 bits per heavy atom. The summed E-state index contributed by atoms with van der Waals surface area (Å²) in [6, 6.07) is 4.39. The Balaban J connectivity index is 2.49. The summed E-state index contributed by atoms with van der Waals surface area (Å²) in [4.78, 5) is 0. The topological polar surface area (TPSA) is 38.7 Å². The molecule has 0 amide bonds. The van der Waals surface area contributed by atoms with Crippen LogP contribution in [0.4, 0.5) is 4.39 Å². The second-order valence-electron chi connectivity index (χ2n) is 3.91. The molecule has 20 heavy (non-hydrogen) atoms. The Morgan fingerprint density at radius 3 is 2.20 bits per heavy atom. The maximum Gasteiger partial charge on any atom is 0.163 e. The van der Waals surface area contributed by atoms with Crippen LogP contribution in [0.25, 0.3) is 0 Å². The number of hydrogen-bond acceptors (Lipinski definition) is 4. The summed E-state index contributed by atoms with van der Waals surface area (Å²) in [5.41, 5.74) is 0.724. The van der Waals surface area contributed by atoms with Gasteiger partial charge in [0.2, 0.25) is 0 Å². The zero-order valence-corrected chi connectivity index (χ0v) is 14.6. The van der Waals surface area contributed by atoms with Crippen LogP contribution in [0, 0.1) is 5.82 Å². The molecule has 0 aliphatic rings. The van der Waals surface area contributed by atoms with Crippen LogP contribution in [-0.2, 0) is 0 Å². The average molecular weight is 426 g/mol. The summed E-state index contributed by atoms with van der Waals surface area (Å²) in [5.74, 6) is 0.101. The highest BCUT2D eigenvalue weighted by Gasteiger charge is 2.22. The summed E-state index contributed by atoms with van der Waals surface area (Å²) in [7, 11) is 2.89. The van der Waals surface area contributed by atoms with E-state index in [2.05, 4.69) is 31.9 Å². The van der Waals surface area contributed by atoms with Crippen molar-refractivity contribution in [2.24, 2.45) is 0 Å². The van der Waals surface area contributed by atoms with Crippen LogP contribution in [0.5, 0.6) is 11.5 Å². The second kappa shape index (κ2) is 6.43. The number of aliphatic hydroxyl groups excluding tert-OH is 1. The van der Waals surface area contributed by atoms with E-state index in [1.165, 1.54) is 37.7 Å². The Bertz CT molecular complexity index is 630. The van der Waals surface area contributed by atoms with Crippen molar-refractivity contribution in [2.45, 2.75) is 6.10 Å². The van der Waals surface area contributed by atoms with Gasteiger partial charge in [-0.3, -0.25) is 0 Å². The molecule has 1 aromatic heterocycles. The minimum Gasteiger partial charge on any atom is -0.493 e. The normalized spacial score (nSPS) is 12.3. The van der Waals surface area contributed by atoms with Gasteiger partial charge in [0.05, 0.1) is 21.8 Å². The minimum absolute atomic E-state index is 0.133. The van der Waals surface area contributed by atoms with Crippen molar-refractivity contribution in [1.82, 2.24) is 0 Å². The van der Waals surface area contributed by atoms with Gasteiger partial charge in [0.25, 0.3) is 0 Å². The molecule has 0 aliphatic heterocycles. The maximum absolute atomic E-state index is 14.1. The number of ether oxygens (including phenoxy) is 2. The van der Waals surface area contributed by atoms with Gasteiger partial charge in [-0.05, 0) is 44.0 Å². The van der Waals surface area contributed by atoms with Crippen LogP contribution in [-0.4, -0.2) is 19.3 Å². The molecule has 0 fully saturated rings. The molecule has 0 radical (unpaired) electrons. The van der Waals surface area contributed by atoms with E-state index in [0.717, 1.165) is 7.57 Å². The number of aliphatic hydroxyl groups is 1. The molecule has 0 saturated carbocycles. The fraction of sp³-hybridized carbons (Fsp3) is 0.231. The molecule has 1 heterocycles. The van der Waals surface area contributed by atoms with Crippen LogP contribution in [0.1, 0.15) is 17.2 Å². The molecular formula is C13H11Br2FO3S. The van der Waals surface area contributed by atoms with E-state index in [1.807, 2.05) is 0 Å². The van der Waals surface area contributed by atoms with Crippen LogP contribution in [0.3, 0.4) is 0 Å². The van der Waals surface area contributed by atoms with Crippen molar-refractivity contribution in [3.8, 4) is 11.5 Å². The van der Waals surface area contributed by atoms with E-state index in [4.69, 9.17) is 9.47 Å². The van der Waals surface area contributed by atoms with E-state index < -0.39 is 11.9 Å². The molecule has 1 unspecified atom stereocenters. The summed E-state index contributed by atoms with van der Waals surface area (Å²) in [6.07, 6.45) is -1.09. The molecule has 1 N–H and O–H groups in total. The highest BCUT2D eigenvalue weighted by Crippen LogP contribution is 2.40. The van der Waals surface area contributed by atoms with E-state index in [-0.39, 0.29) is 11.3 Å². The Hall–Kier alpha value is -0.630. The fourth-order valence-corrected chi connectivity index (χ4v) is 4.67. The number of benzene rings is 1. The van der Waals surface area contributed by atoms with Crippen molar-refractivity contribution in [3.05, 3.63) is 42.7 Å². The first-order valence-corrected chi connectivity index (χ1v) is 7.92. The Labute approximate surface area is 136 Å². The highest BCUT2D eigenvalue weighted by atomic mass is 79.9. The van der Waals surface area contributed by atoms with Crippen molar-refractivity contribution in [3.63, 3.8) is 0 Å². The Kier molecular flexibility index (Phi) is 5.06. The van der Waals surface area contributed by atoms with Gasteiger partial charge in [-0.2, -0.15) is 0 Å². The molecule has 0 spiro atoms. The third-order valence-corrected chi connectivity index (χ3v) is 5.16. The lowest BCUT2D eigenvalue weighted by Crippen LogP contribution is -2.04. The quantitative estimate of drug-likeness (QED) is 0.783. The molecule has 108 valence electrons. The lowest BCUT2D eigenvalue weighted by Gasteiger charge is -2.15. The van der Waals surface area contributed by atoms with Crippen LogP contribution < -0.4 is 9.47 Å². The smallest absolute Gasteiger partial charge is 0.163 e. The second-order valence-corrected chi connectivity index (χ2v) is 7.66. The number of methoxy groups -OCH3 is 2. The molecular weight excluding hydrogens is 415 g/mol. The van der Waals surface area contributed by atoms with Gasteiger partial charge in [0.15, 0.2) is 11.5 Å². The van der Waals surface area contributed by atoms with Crippen molar-refractivity contribution < 1.29 is 19.0 Å². The summed E-state index contributed by atoms with van der Waals surface area (Å²) in [6.45, 7) is 0. The standard InChI is InChI=1S/C13H11Br2FO3S/c1-18-9-3-6(8(16)5-10(9)19-2)12(17)7-4-11(14)20-13(7)15/h3-5,12,17H,1-2H3. The predicted octanol–water partition coefficient (Wildman–Crippen LogP) is 4.51. The number of thiophene rings is 1. The maximum atomic E-state index is 14.1. The van der Waals surface area contributed by atoms with E-state index in [9.17, 15) is 9.50 Å². The predicted molar refractivity (Wildman–Crippen MR) is 83.3 cm³/mol. The number of hydrogen-bond donors (Lipinski definition) is 1. The average Bonchev–Trinajstić information content (AvgIpc) is 2.76. The minimum atomic E-state index is -1.09. The van der Waals surface area contributed by atoms with Gasteiger partial charge in [-0.15, -0.1) is 11.3 Å². The molecule has 0 aliphatic carbocycles. The third kappa shape index (κ3) is 3.00. The Morgan fingerprint density at radius 2 is 1.70 bits per heavy atom. The molecule has 1 aromatic carbocycles. The highest BCUT2D eigenvalue weighted by molar-refractivity contribution is 9.12. The lowest BCUT2D eigenvalue weighted by molar-refractivity contribution is 0.213. The van der Waals surface area contributed by atoms with Gasteiger partial charge in [-0.1, -0.05) is 0 Å². The SMILES string of the molecule is COc1cc(F)c(C(O)c2cc(Br)sc2Br)cc1OC. The van der Waals surface area contributed by atoms with Gasteiger partial charge in [-0.25, -0.2) is 4.39 Å². The van der Waals surface area contributed by atoms with Crippen LogP contribution >= 0.6 is 43.2 Å². The van der Waals surface area contributed by atoms with Gasteiger partial charge < -0.3 is 14.6 Å². The molecule has 0 saturated heterocycles. The van der Waals surface area contributed by atoms with Crippen molar-refractivity contribution in [1.29, 1.82) is 0 Å². The van der Waals surface area contributed by atoms with E-state index in [1.54, 1.807) is 6.07 Å². The molecule has 3 nitrogen and oxygen atoms in total. The van der Waals surface area contributed by atoms with Crippen LogP contribution in [0.2, 0.25) is 0 Å². The first kappa shape index (κ1) is 15.8. The summed E-state index contributed by atoms with van der Waals surface area (Å²) < 4.78 is 25.9. The number of rotatable bonds is 4. The molecule has 2 rings (SSSR count). The van der Waals surface area contributed by atoms with Gasteiger partial charge in [0, 0.05) is 17.2 Å². The molecule has 7 heteroatoms. The van der Waals surface area contributed by atoms with Gasteiger partial charge in [0.1, 0.15) is 11.9 Å². The fourth-order valence-electron chi connectivity index (χ4n) is 1.79. The van der Waals surface area contributed by atoms with Crippen LogP contribution in [0.15, 0.2) is 25.8 Å². The van der Waals surface area contributed by atoms with E-state index >= 15 is 0 Å². The molecule has 0 bridgehead atoms. The largest absolute Gasteiger partial charge is 0.493 e. The third-order valence-electron chi connectivity index (χ3n) is 2.78. The lowest BCUT2D eigenvalue weighted by atomic mass is 10.0. The zero-order valence-electron chi connectivity index (χ0n) is 10.6. The van der Waals surface area contributed by atoms with E-state index in [0.29, 0.717) is 11.3 Å². The molecule has 1 atom stereocenters. The number of halogens is 3. The zero-order chi connectivity index (χ0) is 14.9. The van der Waals surface area contributed by atoms with Crippen molar-refractivity contribution >= 4 is 43.2 Å². The first-order valence-electron chi connectivity index (χ1n) is 5.52. The summed E-state index contributed by atoms with van der Waals surface area (Å²) >= 11 is 8.10. The summed E-state index contributed by atoms with van der Waals surface area (Å²) in [5, 5.41) is 10.4. The molecule has 2 aromatic rings.